The summed E-state index contributed by atoms with van der Waals surface area (Å²) in [6.45, 7) is 7.03. The van der Waals surface area contributed by atoms with E-state index < -0.39 is 5.54 Å². The number of carbonyl (C=O) groups is 1. The number of fused-ring (bicyclic) bond motifs is 3. The lowest BCUT2D eigenvalue weighted by molar-refractivity contribution is -0.00430. The van der Waals surface area contributed by atoms with Gasteiger partial charge in [0.2, 0.25) is 0 Å². The van der Waals surface area contributed by atoms with Crippen LogP contribution in [0.1, 0.15) is 35.3 Å². The number of benzene rings is 3. The molecule has 3 aromatic carbocycles. The molecule has 1 heterocycles. The lowest BCUT2D eigenvalue weighted by Gasteiger charge is -2.39. The van der Waals surface area contributed by atoms with Crippen molar-refractivity contribution in [3.05, 3.63) is 83.4 Å². The zero-order valence-electron chi connectivity index (χ0n) is 18.1. The first-order valence-electron chi connectivity index (χ1n) is 10.9. The summed E-state index contributed by atoms with van der Waals surface area (Å²) in [4.78, 5) is 17.9. The van der Waals surface area contributed by atoms with Crippen LogP contribution in [0.5, 0.6) is 0 Å². The van der Waals surface area contributed by atoms with Crippen LogP contribution in [0.15, 0.2) is 76.5 Å². The van der Waals surface area contributed by atoms with E-state index in [9.17, 15) is 4.79 Å². The monoisotopic (exact) mass is 429 g/mol. The van der Waals surface area contributed by atoms with E-state index >= 15 is 0 Å². The highest BCUT2D eigenvalue weighted by Gasteiger charge is 2.35. The van der Waals surface area contributed by atoms with Gasteiger partial charge in [-0.05, 0) is 60.7 Å². The first-order chi connectivity index (χ1) is 15.0. The predicted octanol–water partition coefficient (Wildman–Crippen LogP) is 5.70. The summed E-state index contributed by atoms with van der Waals surface area (Å²) in [5.74, 6) is 0.169. The standard InChI is InChI=1S/C27H27NO2S/c1-27(2,28-14-16-30-17-15-28)26(29)19-10-12-21(13-11-19)31-25-9-5-8-23-22-7-4-3-6-20(22)18-24(23)25/h3-13H,14-18H2,1-2H3. The summed E-state index contributed by atoms with van der Waals surface area (Å²) < 4.78 is 5.45. The molecule has 2 aliphatic rings. The fourth-order valence-electron chi connectivity index (χ4n) is 4.64. The van der Waals surface area contributed by atoms with Crippen molar-refractivity contribution in [2.45, 2.75) is 35.6 Å². The summed E-state index contributed by atoms with van der Waals surface area (Å²) >= 11 is 1.78. The second-order valence-electron chi connectivity index (χ2n) is 8.73. The first-order valence-corrected chi connectivity index (χ1v) is 11.7. The Hall–Kier alpha value is -2.40. The molecule has 0 N–H and O–H groups in total. The third-order valence-corrected chi connectivity index (χ3v) is 7.62. The van der Waals surface area contributed by atoms with E-state index in [2.05, 4.69) is 59.5 Å². The summed E-state index contributed by atoms with van der Waals surface area (Å²) in [5.41, 5.74) is 5.75. The van der Waals surface area contributed by atoms with E-state index in [-0.39, 0.29) is 5.78 Å². The molecule has 0 radical (unpaired) electrons. The zero-order valence-corrected chi connectivity index (χ0v) is 18.9. The minimum Gasteiger partial charge on any atom is -0.379 e. The molecule has 0 bridgehead atoms. The van der Waals surface area contributed by atoms with E-state index in [0.29, 0.717) is 13.2 Å². The van der Waals surface area contributed by atoms with Gasteiger partial charge in [0.25, 0.3) is 0 Å². The highest BCUT2D eigenvalue weighted by molar-refractivity contribution is 7.99. The molecule has 1 aliphatic carbocycles. The van der Waals surface area contributed by atoms with Crippen molar-refractivity contribution in [3.63, 3.8) is 0 Å². The molecule has 0 atom stereocenters. The molecule has 31 heavy (non-hydrogen) atoms. The van der Waals surface area contributed by atoms with E-state index in [1.54, 1.807) is 11.8 Å². The summed E-state index contributed by atoms with van der Waals surface area (Å²) in [6.07, 6.45) is 0.985. The number of rotatable bonds is 5. The van der Waals surface area contributed by atoms with Crippen LogP contribution >= 0.6 is 11.8 Å². The Kier molecular flexibility index (Phi) is 5.47. The number of carbonyl (C=O) groups excluding carboxylic acids is 1. The number of nitrogens with zero attached hydrogens (tertiary/aromatic N) is 1. The lowest BCUT2D eigenvalue weighted by Crippen LogP contribution is -2.54. The second kappa shape index (κ2) is 8.27. The van der Waals surface area contributed by atoms with Gasteiger partial charge in [0.1, 0.15) is 0 Å². The van der Waals surface area contributed by atoms with Crippen LogP contribution in [0.2, 0.25) is 0 Å². The molecule has 0 aromatic heterocycles. The van der Waals surface area contributed by atoms with Gasteiger partial charge < -0.3 is 4.74 Å². The number of morpholine rings is 1. The molecule has 0 saturated carbocycles. The van der Waals surface area contributed by atoms with Crippen molar-refractivity contribution in [1.29, 1.82) is 0 Å². The maximum Gasteiger partial charge on any atom is 0.182 e. The Balaban J connectivity index is 1.34. The van der Waals surface area contributed by atoms with Gasteiger partial charge in [-0.15, -0.1) is 0 Å². The molecule has 0 unspecified atom stereocenters. The Morgan fingerprint density at radius 3 is 2.39 bits per heavy atom. The maximum absolute atomic E-state index is 13.2. The van der Waals surface area contributed by atoms with Gasteiger partial charge in [0.05, 0.1) is 18.8 Å². The highest BCUT2D eigenvalue weighted by Crippen LogP contribution is 2.43. The molecule has 1 aliphatic heterocycles. The third kappa shape index (κ3) is 3.84. The lowest BCUT2D eigenvalue weighted by atomic mass is 9.91. The van der Waals surface area contributed by atoms with Crippen molar-refractivity contribution >= 4 is 17.5 Å². The molecule has 1 saturated heterocycles. The minimum absolute atomic E-state index is 0.169. The fraction of sp³-hybridized carbons (Fsp3) is 0.296. The topological polar surface area (TPSA) is 29.5 Å². The van der Waals surface area contributed by atoms with Crippen molar-refractivity contribution in [2.24, 2.45) is 0 Å². The molecule has 4 heteroatoms. The van der Waals surface area contributed by atoms with E-state index in [4.69, 9.17) is 4.74 Å². The largest absolute Gasteiger partial charge is 0.379 e. The predicted molar refractivity (Wildman–Crippen MR) is 126 cm³/mol. The molecule has 5 rings (SSSR count). The number of ketones is 1. The number of Topliss-reactive ketones (excluding diaryl/α,β-unsaturated/α-hetero) is 1. The van der Waals surface area contributed by atoms with E-state index in [1.807, 2.05) is 26.0 Å². The van der Waals surface area contributed by atoms with Crippen molar-refractivity contribution < 1.29 is 9.53 Å². The van der Waals surface area contributed by atoms with E-state index in [0.717, 1.165) is 30.0 Å². The Labute approximate surface area is 188 Å². The van der Waals surface area contributed by atoms with Gasteiger partial charge in [0, 0.05) is 28.4 Å². The van der Waals surface area contributed by atoms with Gasteiger partial charge in [-0.3, -0.25) is 9.69 Å². The van der Waals surface area contributed by atoms with Gasteiger partial charge in [-0.25, -0.2) is 0 Å². The van der Waals surface area contributed by atoms with Crippen LogP contribution in [-0.2, 0) is 11.2 Å². The van der Waals surface area contributed by atoms with Crippen LogP contribution in [0, 0.1) is 0 Å². The van der Waals surface area contributed by atoms with Gasteiger partial charge in [-0.1, -0.05) is 60.3 Å². The second-order valence-corrected chi connectivity index (χ2v) is 9.85. The Morgan fingerprint density at radius 1 is 0.903 bits per heavy atom. The average Bonchev–Trinajstić information content (AvgIpc) is 3.19. The first kappa shape index (κ1) is 20.5. The van der Waals surface area contributed by atoms with Crippen LogP contribution in [-0.4, -0.2) is 42.5 Å². The molecule has 3 aromatic rings. The van der Waals surface area contributed by atoms with Gasteiger partial charge in [-0.2, -0.15) is 0 Å². The Morgan fingerprint density at radius 2 is 1.61 bits per heavy atom. The van der Waals surface area contributed by atoms with Crippen molar-refractivity contribution in [2.75, 3.05) is 26.3 Å². The summed E-state index contributed by atoms with van der Waals surface area (Å²) in [7, 11) is 0. The fourth-order valence-corrected chi connectivity index (χ4v) is 5.62. The summed E-state index contributed by atoms with van der Waals surface area (Å²) in [6, 6.07) is 23.3. The number of ether oxygens (including phenoxy) is 1. The molecule has 3 nitrogen and oxygen atoms in total. The van der Waals surface area contributed by atoms with Crippen LogP contribution in [0.3, 0.4) is 0 Å². The van der Waals surface area contributed by atoms with Crippen molar-refractivity contribution in [1.82, 2.24) is 4.90 Å². The van der Waals surface area contributed by atoms with Gasteiger partial charge >= 0.3 is 0 Å². The zero-order chi connectivity index (χ0) is 21.4. The van der Waals surface area contributed by atoms with Crippen molar-refractivity contribution in [3.8, 4) is 11.1 Å². The number of hydrogen-bond donors (Lipinski definition) is 0. The molecule has 0 spiro atoms. The highest BCUT2D eigenvalue weighted by atomic mass is 32.2. The smallest absolute Gasteiger partial charge is 0.182 e. The summed E-state index contributed by atoms with van der Waals surface area (Å²) in [5, 5.41) is 0. The normalized spacial score (nSPS) is 16.1. The average molecular weight is 430 g/mol. The minimum atomic E-state index is -0.523. The molecule has 0 amide bonds. The molecular formula is C27H27NO2S. The quantitative estimate of drug-likeness (QED) is 0.381. The molecular weight excluding hydrogens is 402 g/mol. The van der Waals surface area contributed by atoms with E-state index in [1.165, 1.54) is 27.1 Å². The molecule has 1 fully saturated rings. The van der Waals surface area contributed by atoms with Crippen LogP contribution in [0.25, 0.3) is 11.1 Å². The van der Waals surface area contributed by atoms with Crippen LogP contribution in [0.4, 0.5) is 0 Å². The molecule has 158 valence electrons. The maximum atomic E-state index is 13.2. The van der Waals surface area contributed by atoms with Crippen LogP contribution < -0.4 is 0 Å². The van der Waals surface area contributed by atoms with Gasteiger partial charge in [0.15, 0.2) is 5.78 Å². The third-order valence-electron chi connectivity index (χ3n) is 6.51. The number of hydrogen-bond acceptors (Lipinski definition) is 4. The Bertz CT molecular complexity index is 1110. The SMILES string of the molecule is CC(C)(C(=O)c1ccc(Sc2cccc3c2Cc2ccccc2-3)cc1)N1CCOCC1.